The maximum Gasteiger partial charge on any atom is 0.314 e. The molecule has 3 atom stereocenters. The molecular weight excluding hydrogens is 340 g/mol. The van der Waals surface area contributed by atoms with E-state index < -0.39 is 23.6 Å². The molecule has 0 aromatic heterocycles. The van der Waals surface area contributed by atoms with Gasteiger partial charge >= 0.3 is 5.97 Å². The molecule has 0 heterocycles. The second kappa shape index (κ2) is 14.2. The summed E-state index contributed by atoms with van der Waals surface area (Å²) < 4.78 is 4.73. The number of hydrogen-bond acceptors (Lipinski definition) is 4. The predicted molar refractivity (Wildman–Crippen MR) is 111 cm³/mol. The van der Waals surface area contributed by atoms with Crippen LogP contribution in [-0.2, 0) is 9.53 Å². The molecule has 0 spiro atoms. The summed E-state index contributed by atoms with van der Waals surface area (Å²) in [4.78, 5) is 11.8. The topological polar surface area (TPSA) is 66.8 Å². The summed E-state index contributed by atoms with van der Waals surface area (Å²) in [5.74, 6) is -1.43. The van der Waals surface area contributed by atoms with Crippen molar-refractivity contribution in [2.45, 2.75) is 115 Å². The fourth-order valence-electron chi connectivity index (χ4n) is 4.09. The van der Waals surface area contributed by atoms with Crippen LogP contribution in [0.15, 0.2) is 12.2 Å². The summed E-state index contributed by atoms with van der Waals surface area (Å²) in [6.07, 6.45) is 20.6. The van der Waals surface area contributed by atoms with E-state index in [9.17, 15) is 15.0 Å². The molecule has 0 aromatic carbocycles. The Bertz CT molecular complexity index is 421. The van der Waals surface area contributed by atoms with Crippen LogP contribution in [0.4, 0.5) is 0 Å². The number of ether oxygens (including phenoxy) is 1. The summed E-state index contributed by atoms with van der Waals surface area (Å²) >= 11 is 0. The molecule has 0 radical (unpaired) electrons. The monoisotopic (exact) mass is 382 g/mol. The van der Waals surface area contributed by atoms with Gasteiger partial charge in [0.05, 0.1) is 18.8 Å². The van der Waals surface area contributed by atoms with Gasteiger partial charge in [0.25, 0.3) is 0 Å². The maximum atomic E-state index is 11.8. The van der Waals surface area contributed by atoms with E-state index in [1.54, 1.807) is 6.08 Å². The standard InChI is InChI=1S/C23H42O4/c1-3-4-5-6-7-8-9-10-11-12-13-14-15-16-18-23(26)19-17-20(24)21(23)22(25)27-2/h17,19-21,24,26H,3-16,18H2,1-2H3/t20-,21-,23-/m1/s1. The van der Waals surface area contributed by atoms with Crippen LogP contribution < -0.4 is 0 Å². The lowest BCUT2D eigenvalue weighted by Crippen LogP contribution is -2.43. The Hall–Kier alpha value is -0.870. The van der Waals surface area contributed by atoms with E-state index in [2.05, 4.69) is 6.92 Å². The van der Waals surface area contributed by atoms with Gasteiger partial charge in [0.2, 0.25) is 0 Å². The largest absolute Gasteiger partial charge is 0.469 e. The normalized spacial score (nSPS) is 24.4. The molecule has 0 fully saturated rings. The molecular formula is C23H42O4. The van der Waals surface area contributed by atoms with Crippen LogP contribution in [0, 0.1) is 5.92 Å². The second-order valence-electron chi connectivity index (χ2n) is 8.19. The van der Waals surface area contributed by atoms with E-state index in [0.29, 0.717) is 6.42 Å². The molecule has 4 nitrogen and oxygen atoms in total. The molecule has 1 rings (SSSR count). The van der Waals surface area contributed by atoms with Crippen LogP contribution in [0.1, 0.15) is 103 Å². The van der Waals surface area contributed by atoms with Crippen LogP contribution >= 0.6 is 0 Å². The molecule has 27 heavy (non-hydrogen) atoms. The molecule has 0 unspecified atom stereocenters. The van der Waals surface area contributed by atoms with Crippen LogP contribution in [0.5, 0.6) is 0 Å². The summed E-state index contributed by atoms with van der Waals surface area (Å²) in [5.41, 5.74) is -1.26. The van der Waals surface area contributed by atoms with Gasteiger partial charge in [0.15, 0.2) is 0 Å². The lowest BCUT2D eigenvalue weighted by molar-refractivity contribution is -0.157. The van der Waals surface area contributed by atoms with E-state index in [1.165, 1.54) is 90.2 Å². The zero-order valence-electron chi connectivity index (χ0n) is 17.6. The van der Waals surface area contributed by atoms with Crippen molar-refractivity contribution in [3.8, 4) is 0 Å². The van der Waals surface area contributed by atoms with E-state index in [4.69, 9.17) is 4.74 Å². The van der Waals surface area contributed by atoms with E-state index in [1.807, 2.05) is 0 Å². The first kappa shape index (κ1) is 24.2. The summed E-state index contributed by atoms with van der Waals surface area (Å²) in [6, 6.07) is 0. The number of carbonyl (C=O) groups excluding carboxylic acids is 1. The number of methoxy groups -OCH3 is 1. The van der Waals surface area contributed by atoms with Crippen molar-refractivity contribution in [2.75, 3.05) is 7.11 Å². The number of aliphatic hydroxyl groups excluding tert-OH is 1. The molecule has 0 saturated carbocycles. The Morgan fingerprint density at radius 3 is 1.78 bits per heavy atom. The second-order valence-corrected chi connectivity index (χ2v) is 8.19. The Morgan fingerprint density at radius 1 is 0.889 bits per heavy atom. The molecule has 2 N–H and O–H groups in total. The van der Waals surface area contributed by atoms with E-state index in [0.717, 1.165) is 12.8 Å². The Labute approximate surface area is 166 Å². The molecule has 4 heteroatoms. The van der Waals surface area contributed by atoms with Gasteiger partial charge in [-0.3, -0.25) is 4.79 Å². The zero-order chi connectivity index (χ0) is 20.0. The average molecular weight is 383 g/mol. The Kier molecular flexibility index (Phi) is 12.7. The first-order chi connectivity index (χ1) is 13.0. The fourth-order valence-corrected chi connectivity index (χ4v) is 4.09. The lowest BCUT2D eigenvalue weighted by Gasteiger charge is -2.29. The molecule has 0 saturated heterocycles. The fraction of sp³-hybridized carbons (Fsp3) is 0.870. The van der Waals surface area contributed by atoms with Gasteiger partial charge in [-0.05, 0) is 6.42 Å². The average Bonchev–Trinajstić information content (AvgIpc) is 2.96. The zero-order valence-corrected chi connectivity index (χ0v) is 17.6. The van der Waals surface area contributed by atoms with Gasteiger partial charge in [0, 0.05) is 0 Å². The first-order valence-corrected chi connectivity index (χ1v) is 11.2. The predicted octanol–water partition coefficient (Wildman–Crippen LogP) is 5.31. The summed E-state index contributed by atoms with van der Waals surface area (Å²) in [5, 5.41) is 20.6. The maximum absolute atomic E-state index is 11.8. The smallest absolute Gasteiger partial charge is 0.314 e. The van der Waals surface area contributed by atoms with Gasteiger partial charge in [-0.1, -0.05) is 109 Å². The minimum atomic E-state index is -1.26. The Morgan fingerprint density at radius 2 is 1.33 bits per heavy atom. The van der Waals surface area contributed by atoms with Gasteiger partial charge in [0.1, 0.15) is 5.92 Å². The quantitative estimate of drug-likeness (QED) is 0.216. The van der Waals surface area contributed by atoms with Crippen molar-refractivity contribution < 1.29 is 19.7 Å². The van der Waals surface area contributed by atoms with Crippen LogP contribution in [-0.4, -0.2) is 35.0 Å². The van der Waals surface area contributed by atoms with Gasteiger partial charge in [-0.25, -0.2) is 0 Å². The third-order valence-electron chi connectivity index (χ3n) is 5.85. The lowest BCUT2D eigenvalue weighted by atomic mass is 9.84. The first-order valence-electron chi connectivity index (χ1n) is 11.2. The SMILES string of the molecule is CCCCCCCCCCCCCCCC[C@@]1(O)C=C[C@@H](O)[C@@H]1C(=O)OC. The van der Waals surface area contributed by atoms with Gasteiger partial charge < -0.3 is 14.9 Å². The molecule has 0 aliphatic heterocycles. The van der Waals surface area contributed by atoms with Crippen molar-refractivity contribution in [3.05, 3.63) is 12.2 Å². The summed E-state index contributed by atoms with van der Waals surface area (Å²) in [6.45, 7) is 2.26. The molecule has 1 aliphatic carbocycles. The molecule has 0 bridgehead atoms. The highest BCUT2D eigenvalue weighted by atomic mass is 16.5. The van der Waals surface area contributed by atoms with Crippen molar-refractivity contribution in [2.24, 2.45) is 5.92 Å². The number of esters is 1. The van der Waals surface area contributed by atoms with E-state index >= 15 is 0 Å². The minimum absolute atomic E-state index is 0.498. The summed E-state index contributed by atoms with van der Waals surface area (Å²) in [7, 11) is 1.29. The van der Waals surface area contributed by atoms with Crippen LogP contribution in [0.3, 0.4) is 0 Å². The van der Waals surface area contributed by atoms with Crippen molar-refractivity contribution in [1.29, 1.82) is 0 Å². The molecule has 1 aliphatic rings. The van der Waals surface area contributed by atoms with Gasteiger partial charge in [-0.2, -0.15) is 0 Å². The highest BCUT2D eigenvalue weighted by molar-refractivity contribution is 5.76. The number of rotatable bonds is 16. The van der Waals surface area contributed by atoms with E-state index in [-0.39, 0.29) is 0 Å². The molecule has 0 aromatic rings. The van der Waals surface area contributed by atoms with Crippen molar-refractivity contribution in [3.63, 3.8) is 0 Å². The Balaban J connectivity index is 1.98. The number of carbonyl (C=O) groups is 1. The highest BCUT2D eigenvalue weighted by Crippen LogP contribution is 2.35. The van der Waals surface area contributed by atoms with Crippen molar-refractivity contribution in [1.82, 2.24) is 0 Å². The third-order valence-corrected chi connectivity index (χ3v) is 5.85. The highest BCUT2D eigenvalue weighted by Gasteiger charge is 2.47. The third kappa shape index (κ3) is 9.25. The van der Waals surface area contributed by atoms with Crippen LogP contribution in [0.25, 0.3) is 0 Å². The van der Waals surface area contributed by atoms with Crippen LogP contribution in [0.2, 0.25) is 0 Å². The molecule has 0 amide bonds. The minimum Gasteiger partial charge on any atom is -0.469 e. The van der Waals surface area contributed by atoms with Crippen molar-refractivity contribution >= 4 is 5.97 Å². The number of unbranched alkanes of at least 4 members (excludes halogenated alkanes) is 13. The number of hydrogen-bond donors (Lipinski definition) is 2. The number of aliphatic hydroxyl groups is 2. The molecule has 158 valence electrons. The van der Waals surface area contributed by atoms with Gasteiger partial charge in [-0.15, -0.1) is 0 Å².